The Morgan fingerprint density at radius 1 is 0.939 bits per heavy atom. The molecule has 1 atom stereocenters. The minimum atomic E-state index is -0.991. The van der Waals surface area contributed by atoms with E-state index < -0.39 is 23.6 Å². The van der Waals surface area contributed by atoms with E-state index in [9.17, 15) is 19.2 Å². The Hall–Kier alpha value is -4.14. The summed E-state index contributed by atoms with van der Waals surface area (Å²) in [5.41, 5.74) is 5.01. The maximum Gasteiger partial charge on any atom is 0.327 e. The highest BCUT2D eigenvalue weighted by Crippen LogP contribution is 2.23. The van der Waals surface area contributed by atoms with Crippen molar-refractivity contribution < 1.29 is 23.6 Å². The zero-order valence-corrected chi connectivity index (χ0v) is 17.9. The lowest BCUT2D eigenvalue weighted by Crippen LogP contribution is -2.52. The van der Waals surface area contributed by atoms with Crippen molar-refractivity contribution >= 4 is 34.4 Å². The van der Waals surface area contributed by atoms with E-state index in [1.807, 2.05) is 36.4 Å². The molecular formula is C24H24N4O5. The van der Waals surface area contributed by atoms with Gasteiger partial charge in [0.05, 0.1) is 18.7 Å². The number of nitrogens with one attached hydrogen (secondary N) is 3. The summed E-state index contributed by atoms with van der Waals surface area (Å²) in [5.74, 6) is -2.47. The molecule has 2 aromatic carbocycles. The van der Waals surface area contributed by atoms with Crippen LogP contribution in [0.4, 0.5) is 0 Å². The van der Waals surface area contributed by atoms with Crippen LogP contribution in [-0.2, 0) is 20.9 Å². The van der Waals surface area contributed by atoms with E-state index >= 15 is 0 Å². The van der Waals surface area contributed by atoms with Crippen LogP contribution in [0, 0.1) is 5.92 Å². The summed E-state index contributed by atoms with van der Waals surface area (Å²) in [7, 11) is 0. The smallest absolute Gasteiger partial charge is 0.327 e. The highest BCUT2D eigenvalue weighted by Gasteiger charge is 2.30. The van der Waals surface area contributed by atoms with Gasteiger partial charge in [0, 0.05) is 18.7 Å². The Morgan fingerprint density at radius 2 is 1.76 bits per heavy atom. The molecule has 2 heterocycles. The largest absolute Gasteiger partial charge is 0.467 e. The Balaban J connectivity index is 1.31. The number of hydrazine groups is 1. The third-order valence-corrected chi connectivity index (χ3v) is 5.61. The number of fused-ring (bicyclic) bond motifs is 1. The molecule has 1 saturated heterocycles. The molecule has 3 N–H and O–H groups in total. The van der Waals surface area contributed by atoms with Crippen molar-refractivity contribution in [2.24, 2.45) is 5.92 Å². The van der Waals surface area contributed by atoms with Crippen molar-refractivity contribution in [2.75, 3.05) is 13.1 Å². The van der Waals surface area contributed by atoms with Gasteiger partial charge in [-0.25, -0.2) is 0 Å². The van der Waals surface area contributed by atoms with E-state index in [0.717, 1.165) is 10.8 Å². The van der Waals surface area contributed by atoms with Crippen molar-refractivity contribution in [3.8, 4) is 0 Å². The highest BCUT2D eigenvalue weighted by molar-refractivity contribution is 6.35. The lowest BCUT2D eigenvalue weighted by atomic mass is 9.96. The molecule has 9 heteroatoms. The van der Waals surface area contributed by atoms with Gasteiger partial charge in [-0.3, -0.25) is 30.0 Å². The molecule has 1 aliphatic rings. The lowest BCUT2D eigenvalue weighted by Gasteiger charge is -2.32. The molecular weight excluding hydrogens is 424 g/mol. The van der Waals surface area contributed by atoms with Gasteiger partial charge >= 0.3 is 11.8 Å². The molecule has 4 amide bonds. The number of carbonyl (C=O) groups is 4. The monoisotopic (exact) mass is 448 g/mol. The van der Waals surface area contributed by atoms with Gasteiger partial charge < -0.3 is 14.6 Å². The minimum Gasteiger partial charge on any atom is -0.467 e. The van der Waals surface area contributed by atoms with Gasteiger partial charge in [-0.15, -0.1) is 0 Å². The van der Waals surface area contributed by atoms with Crippen LogP contribution < -0.4 is 16.2 Å². The topological polar surface area (TPSA) is 121 Å². The second-order valence-corrected chi connectivity index (χ2v) is 7.82. The average molecular weight is 448 g/mol. The number of furan rings is 1. The number of amides is 4. The van der Waals surface area contributed by atoms with Crippen LogP contribution in [0.3, 0.4) is 0 Å². The molecule has 1 fully saturated rings. The zero-order valence-electron chi connectivity index (χ0n) is 17.9. The maximum atomic E-state index is 13.2. The predicted octanol–water partition coefficient (Wildman–Crippen LogP) is 1.75. The quantitative estimate of drug-likeness (QED) is 0.415. The predicted molar refractivity (Wildman–Crippen MR) is 119 cm³/mol. The molecule has 4 rings (SSSR count). The molecule has 33 heavy (non-hydrogen) atoms. The van der Waals surface area contributed by atoms with Crippen LogP contribution >= 0.6 is 0 Å². The van der Waals surface area contributed by atoms with Crippen LogP contribution in [0.2, 0.25) is 0 Å². The van der Waals surface area contributed by atoms with E-state index in [4.69, 9.17) is 4.42 Å². The van der Waals surface area contributed by atoms with E-state index in [-0.39, 0.29) is 19.0 Å². The molecule has 0 saturated carbocycles. The number of hydrogen-bond acceptors (Lipinski definition) is 5. The van der Waals surface area contributed by atoms with Crippen LogP contribution in [0.5, 0.6) is 0 Å². The number of rotatable bonds is 4. The summed E-state index contributed by atoms with van der Waals surface area (Å²) in [6.45, 7) is 0.836. The normalized spacial score (nSPS) is 15.6. The number of piperidine rings is 1. The third-order valence-electron chi connectivity index (χ3n) is 5.61. The first-order chi connectivity index (χ1) is 16.0. The Labute approximate surface area is 190 Å². The number of likely N-dealkylation sites (tertiary alicyclic amines) is 1. The van der Waals surface area contributed by atoms with Crippen molar-refractivity contribution in [1.82, 2.24) is 21.1 Å². The summed E-state index contributed by atoms with van der Waals surface area (Å²) < 4.78 is 5.08. The van der Waals surface area contributed by atoms with E-state index in [2.05, 4.69) is 16.2 Å². The van der Waals surface area contributed by atoms with E-state index in [1.54, 1.807) is 23.1 Å². The summed E-state index contributed by atoms with van der Waals surface area (Å²) in [4.78, 5) is 51.2. The first kappa shape index (κ1) is 22.1. The number of carbonyl (C=O) groups excluding carboxylic acids is 4. The molecule has 170 valence electrons. The first-order valence-corrected chi connectivity index (χ1v) is 10.7. The third kappa shape index (κ3) is 5.20. The second-order valence-electron chi connectivity index (χ2n) is 7.82. The summed E-state index contributed by atoms with van der Waals surface area (Å²) in [6.07, 6.45) is 2.69. The fourth-order valence-corrected chi connectivity index (χ4v) is 3.90. The van der Waals surface area contributed by atoms with E-state index in [1.165, 1.54) is 6.26 Å². The van der Waals surface area contributed by atoms with Crippen molar-refractivity contribution in [3.63, 3.8) is 0 Å². The van der Waals surface area contributed by atoms with Crippen molar-refractivity contribution in [1.29, 1.82) is 0 Å². The van der Waals surface area contributed by atoms with E-state index in [0.29, 0.717) is 30.7 Å². The molecule has 0 spiro atoms. The zero-order chi connectivity index (χ0) is 23.2. The molecule has 1 aromatic heterocycles. The summed E-state index contributed by atoms with van der Waals surface area (Å²) in [5, 5.41) is 4.23. The number of nitrogens with zero attached hydrogens (tertiary/aromatic N) is 1. The molecule has 0 bridgehead atoms. The molecule has 0 radical (unpaired) electrons. The lowest BCUT2D eigenvalue weighted by molar-refractivity contribution is -0.141. The summed E-state index contributed by atoms with van der Waals surface area (Å²) in [6, 6.07) is 16.6. The van der Waals surface area contributed by atoms with Crippen LogP contribution in [0.1, 0.15) is 29.0 Å². The number of hydrogen-bond donors (Lipinski definition) is 3. The molecule has 0 unspecified atom stereocenters. The second kappa shape index (κ2) is 9.99. The molecule has 3 aromatic rings. The Kier molecular flexibility index (Phi) is 6.68. The standard InChI is InChI=1S/C24H24N4O5/c29-21(26-27-23(31)22(30)25-14-18-9-5-13-33-18)17-8-4-12-28(15-17)24(32)20-11-3-7-16-6-1-2-10-19(16)20/h1-3,5-7,9-11,13,17H,4,8,12,14-15H2,(H,25,30)(H,26,29)(H,27,31)/t17-/m0/s1. The van der Waals surface area contributed by atoms with Crippen molar-refractivity contribution in [3.05, 3.63) is 72.2 Å². The molecule has 9 nitrogen and oxygen atoms in total. The fourth-order valence-electron chi connectivity index (χ4n) is 3.90. The molecule has 1 aliphatic heterocycles. The summed E-state index contributed by atoms with van der Waals surface area (Å²) >= 11 is 0. The van der Waals surface area contributed by atoms with Gasteiger partial charge in [-0.05, 0) is 41.8 Å². The van der Waals surface area contributed by atoms with Crippen LogP contribution in [0.25, 0.3) is 10.8 Å². The van der Waals surface area contributed by atoms with Gasteiger partial charge in [0.2, 0.25) is 5.91 Å². The van der Waals surface area contributed by atoms with Gasteiger partial charge in [0.25, 0.3) is 5.91 Å². The van der Waals surface area contributed by atoms with Gasteiger partial charge in [0.1, 0.15) is 5.76 Å². The van der Waals surface area contributed by atoms with Crippen LogP contribution in [-0.4, -0.2) is 41.6 Å². The van der Waals surface area contributed by atoms with Crippen molar-refractivity contribution in [2.45, 2.75) is 19.4 Å². The first-order valence-electron chi connectivity index (χ1n) is 10.7. The Bertz CT molecular complexity index is 1170. The minimum absolute atomic E-state index is 0.0566. The highest BCUT2D eigenvalue weighted by atomic mass is 16.3. The average Bonchev–Trinajstić information content (AvgIpc) is 3.38. The Morgan fingerprint density at radius 3 is 2.58 bits per heavy atom. The SMILES string of the molecule is O=C(NCc1ccco1)C(=O)NNC(=O)[C@H]1CCCN(C(=O)c2cccc3ccccc23)C1. The van der Waals surface area contributed by atoms with Gasteiger partial charge in [0.15, 0.2) is 0 Å². The number of benzene rings is 2. The molecule has 0 aliphatic carbocycles. The fraction of sp³-hybridized carbons (Fsp3) is 0.250. The van der Waals surface area contributed by atoms with Crippen LogP contribution in [0.15, 0.2) is 65.3 Å². The maximum absolute atomic E-state index is 13.2. The van der Waals surface area contributed by atoms with Gasteiger partial charge in [-0.1, -0.05) is 36.4 Å². The van der Waals surface area contributed by atoms with Gasteiger partial charge in [-0.2, -0.15) is 0 Å².